The lowest BCUT2D eigenvalue weighted by Crippen LogP contribution is -2.41. The van der Waals surface area contributed by atoms with Crippen molar-refractivity contribution < 1.29 is 14.3 Å². The summed E-state index contributed by atoms with van der Waals surface area (Å²) in [6.07, 6.45) is 2.18. The molecule has 1 unspecified atom stereocenters. The van der Waals surface area contributed by atoms with E-state index in [2.05, 4.69) is 5.32 Å². The number of hydrogen-bond donors (Lipinski definition) is 1. The first-order valence-electron chi connectivity index (χ1n) is 6.71. The van der Waals surface area contributed by atoms with Crippen molar-refractivity contribution in [2.24, 2.45) is 11.8 Å². The first-order chi connectivity index (χ1) is 8.19. The number of Topliss-reactive ketones (excluding diaryl/α,β-unsaturated/α-hetero) is 1. The van der Waals surface area contributed by atoms with Crippen molar-refractivity contribution in [1.82, 2.24) is 5.32 Å². The molecule has 1 aliphatic rings. The predicted molar refractivity (Wildman–Crippen MR) is 70.3 cm³/mol. The number of carbonyl (C=O) groups excluding carboxylic acids is 2. The fraction of sp³-hybridized carbons (Fsp3) is 0.857. The van der Waals surface area contributed by atoms with E-state index in [1.54, 1.807) is 0 Å². The van der Waals surface area contributed by atoms with Crippen molar-refractivity contribution in [3.63, 3.8) is 0 Å². The molecule has 0 heterocycles. The lowest BCUT2D eigenvalue weighted by atomic mass is 9.99. The molecule has 0 aromatic heterocycles. The van der Waals surface area contributed by atoms with Gasteiger partial charge in [0.1, 0.15) is 11.4 Å². The number of hydrogen-bond acceptors (Lipinski definition) is 3. The van der Waals surface area contributed by atoms with Gasteiger partial charge in [0, 0.05) is 18.4 Å². The van der Waals surface area contributed by atoms with Crippen molar-refractivity contribution in [2.45, 2.75) is 65.5 Å². The lowest BCUT2D eigenvalue weighted by Gasteiger charge is -2.23. The zero-order valence-corrected chi connectivity index (χ0v) is 12.1. The van der Waals surface area contributed by atoms with Gasteiger partial charge in [-0.1, -0.05) is 13.8 Å². The van der Waals surface area contributed by atoms with E-state index in [0.29, 0.717) is 12.3 Å². The summed E-state index contributed by atoms with van der Waals surface area (Å²) in [5.41, 5.74) is -0.500. The highest BCUT2D eigenvalue weighted by Gasteiger charge is 2.34. The van der Waals surface area contributed by atoms with E-state index in [1.807, 2.05) is 34.6 Å². The van der Waals surface area contributed by atoms with Crippen LogP contribution in [0.5, 0.6) is 0 Å². The van der Waals surface area contributed by atoms with Crippen LogP contribution in [0.3, 0.4) is 0 Å². The SMILES string of the molecule is CC(C)C(=O)CC(NC(=O)OC(C)(C)C)C1CC1. The summed E-state index contributed by atoms with van der Waals surface area (Å²) in [6.45, 7) is 9.27. The quantitative estimate of drug-likeness (QED) is 0.821. The van der Waals surface area contributed by atoms with Crippen molar-refractivity contribution >= 4 is 11.9 Å². The molecule has 0 bridgehead atoms. The van der Waals surface area contributed by atoms with Gasteiger partial charge in [-0.15, -0.1) is 0 Å². The van der Waals surface area contributed by atoms with Gasteiger partial charge in [-0.3, -0.25) is 4.79 Å². The number of ether oxygens (including phenoxy) is 1. The van der Waals surface area contributed by atoms with Crippen molar-refractivity contribution in [3.8, 4) is 0 Å². The molecule has 1 rings (SSSR count). The number of carbonyl (C=O) groups is 2. The Balaban J connectivity index is 2.48. The Morgan fingerprint density at radius 3 is 2.22 bits per heavy atom. The Morgan fingerprint density at radius 1 is 1.28 bits per heavy atom. The topological polar surface area (TPSA) is 55.4 Å². The molecule has 104 valence electrons. The summed E-state index contributed by atoms with van der Waals surface area (Å²) in [6, 6.07) is -0.0604. The standard InChI is InChI=1S/C14H25NO3/c1-9(2)12(16)8-11(10-6-7-10)15-13(17)18-14(3,4)5/h9-11H,6-8H2,1-5H3,(H,15,17). The second-order valence-corrected chi connectivity index (χ2v) is 6.42. The minimum Gasteiger partial charge on any atom is -0.444 e. The molecule has 0 aromatic carbocycles. The van der Waals surface area contributed by atoms with Crippen LogP contribution in [0.25, 0.3) is 0 Å². The molecule has 0 aliphatic heterocycles. The van der Waals surface area contributed by atoms with Crippen LogP contribution in [-0.2, 0) is 9.53 Å². The maximum absolute atomic E-state index is 11.8. The molecular formula is C14H25NO3. The Labute approximate surface area is 109 Å². The van der Waals surface area contributed by atoms with Gasteiger partial charge in [0.05, 0.1) is 0 Å². The summed E-state index contributed by atoms with van der Waals surface area (Å²) in [7, 11) is 0. The Morgan fingerprint density at radius 2 is 1.83 bits per heavy atom. The molecule has 1 saturated carbocycles. The largest absolute Gasteiger partial charge is 0.444 e. The molecule has 1 aliphatic carbocycles. The van der Waals surface area contributed by atoms with Gasteiger partial charge >= 0.3 is 6.09 Å². The molecule has 4 heteroatoms. The summed E-state index contributed by atoms with van der Waals surface area (Å²) in [4.78, 5) is 23.5. The third kappa shape index (κ3) is 5.52. The van der Waals surface area contributed by atoms with E-state index in [-0.39, 0.29) is 17.7 Å². The molecular weight excluding hydrogens is 230 g/mol. The van der Waals surface area contributed by atoms with Crippen molar-refractivity contribution in [1.29, 1.82) is 0 Å². The highest BCUT2D eigenvalue weighted by atomic mass is 16.6. The molecule has 1 atom stereocenters. The van der Waals surface area contributed by atoms with Gasteiger partial charge in [-0.25, -0.2) is 4.79 Å². The van der Waals surface area contributed by atoms with Gasteiger partial charge in [0.2, 0.25) is 0 Å². The maximum atomic E-state index is 11.8. The van der Waals surface area contributed by atoms with Gasteiger partial charge in [0.15, 0.2) is 0 Å². The molecule has 18 heavy (non-hydrogen) atoms. The average Bonchev–Trinajstić information content (AvgIpc) is 2.95. The van der Waals surface area contributed by atoms with Gasteiger partial charge in [0.25, 0.3) is 0 Å². The predicted octanol–water partition coefficient (Wildman–Crippen LogP) is 2.90. The minimum absolute atomic E-state index is 0.0201. The maximum Gasteiger partial charge on any atom is 0.407 e. The van der Waals surface area contributed by atoms with E-state index < -0.39 is 11.7 Å². The van der Waals surface area contributed by atoms with Crippen LogP contribution in [0.15, 0.2) is 0 Å². The second-order valence-electron chi connectivity index (χ2n) is 6.42. The van der Waals surface area contributed by atoms with Crippen LogP contribution in [0.4, 0.5) is 4.79 Å². The monoisotopic (exact) mass is 255 g/mol. The highest BCUT2D eigenvalue weighted by Crippen LogP contribution is 2.34. The summed E-state index contributed by atoms with van der Waals surface area (Å²) < 4.78 is 5.23. The molecule has 0 radical (unpaired) electrons. The zero-order chi connectivity index (χ0) is 13.9. The van der Waals surface area contributed by atoms with Crippen LogP contribution in [0.2, 0.25) is 0 Å². The van der Waals surface area contributed by atoms with E-state index >= 15 is 0 Å². The molecule has 0 aromatic rings. The van der Waals surface area contributed by atoms with Crippen LogP contribution < -0.4 is 5.32 Å². The summed E-state index contributed by atoms with van der Waals surface area (Å²) in [5, 5.41) is 2.84. The highest BCUT2D eigenvalue weighted by molar-refractivity contribution is 5.81. The van der Waals surface area contributed by atoms with E-state index in [4.69, 9.17) is 4.74 Å². The second kappa shape index (κ2) is 5.72. The van der Waals surface area contributed by atoms with Crippen molar-refractivity contribution in [2.75, 3.05) is 0 Å². The van der Waals surface area contributed by atoms with Gasteiger partial charge in [-0.2, -0.15) is 0 Å². The van der Waals surface area contributed by atoms with E-state index in [9.17, 15) is 9.59 Å². The van der Waals surface area contributed by atoms with E-state index in [0.717, 1.165) is 12.8 Å². The van der Waals surface area contributed by atoms with Crippen LogP contribution >= 0.6 is 0 Å². The average molecular weight is 255 g/mol. The smallest absolute Gasteiger partial charge is 0.407 e. The van der Waals surface area contributed by atoms with E-state index in [1.165, 1.54) is 0 Å². The number of rotatable bonds is 5. The van der Waals surface area contributed by atoms with Gasteiger partial charge in [-0.05, 0) is 39.5 Å². The molecule has 1 amide bonds. The van der Waals surface area contributed by atoms with Gasteiger partial charge < -0.3 is 10.1 Å². The minimum atomic E-state index is -0.500. The number of amides is 1. The third-order valence-corrected chi connectivity index (χ3v) is 2.96. The fourth-order valence-corrected chi connectivity index (χ4v) is 1.75. The van der Waals surface area contributed by atoms with Crippen LogP contribution in [0.1, 0.15) is 53.9 Å². The fourth-order valence-electron chi connectivity index (χ4n) is 1.75. The zero-order valence-electron chi connectivity index (χ0n) is 12.1. The first kappa shape index (κ1) is 15.0. The van der Waals surface area contributed by atoms with Crippen LogP contribution in [0, 0.1) is 11.8 Å². The number of alkyl carbamates (subject to hydrolysis) is 1. The molecule has 4 nitrogen and oxygen atoms in total. The Hall–Kier alpha value is -1.06. The Bertz CT molecular complexity index is 313. The Kier molecular flexibility index (Phi) is 4.77. The lowest BCUT2D eigenvalue weighted by molar-refractivity contribution is -0.122. The number of nitrogens with one attached hydrogen (secondary N) is 1. The van der Waals surface area contributed by atoms with Crippen molar-refractivity contribution in [3.05, 3.63) is 0 Å². The molecule has 0 spiro atoms. The normalized spacial score (nSPS) is 17.4. The molecule has 1 fully saturated rings. The number of ketones is 1. The molecule has 1 N–H and O–H groups in total. The summed E-state index contributed by atoms with van der Waals surface area (Å²) in [5.74, 6) is 0.662. The van der Waals surface area contributed by atoms with Crippen LogP contribution in [-0.4, -0.2) is 23.5 Å². The molecule has 0 saturated heterocycles. The third-order valence-electron chi connectivity index (χ3n) is 2.96. The first-order valence-corrected chi connectivity index (χ1v) is 6.71. The summed E-state index contributed by atoms with van der Waals surface area (Å²) >= 11 is 0.